The van der Waals surface area contributed by atoms with Crippen molar-refractivity contribution in [2.24, 2.45) is 11.3 Å². The predicted octanol–water partition coefficient (Wildman–Crippen LogP) is 4.27. The van der Waals surface area contributed by atoms with Gasteiger partial charge >= 0.3 is 6.18 Å². The molecule has 1 amide bonds. The number of benzene rings is 1. The van der Waals surface area contributed by atoms with Crippen LogP contribution in [0.1, 0.15) is 60.4 Å². The molecular formula is C23H23F3N6O. The molecule has 0 spiro atoms. The number of hydrogen-bond donors (Lipinski definition) is 1. The number of carbonyl (C=O) groups excluding carboxylic acids is 1. The lowest BCUT2D eigenvalue weighted by molar-refractivity contribution is -0.177. The van der Waals surface area contributed by atoms with Crippen molar-refractivity contribution < 1.29 is 18.0 Å². The van der Waals surface area contributed by atoms with E-state index in [4.69, 9.17) is 0 Å². The number of halogens is 3. The van der Waals surface area contributed by atoms with Gasteiger partial charge in [0.05, 0.1) is 29.8 Å². The van der Waals surface area contributed by atoms with Gasteiger partial charge in [0.1, 0.15) is 11.6 Å². The highest BCUT2D eigenvalue weighted by Gasteiger charge is 2.62. The number of rotatable bonds is 4. The first-order chi connectivity index (χ1) is 15.6. The third kappa shape index (κ3) is 3.02. The van der Waals surface area contributed by atoms with Crippen molar-refractivity contribution in [3.63, 3.8) is 0 Å². The molecule has 3 heterocycles. The van der Waals surface area contributed by atoms with Crippen LogP contribution in [0.2, 0.25) is 0 Å². The number of amides is 1. The van der Waals surface area contributed by atoms with Crippen molar-refractivity contribution in [1.29, 1.82) is 0 Å². The summed E-state index contributed by atoms with van der Waals surface area (Å²) in [7, 11) is 0. The molecule has 3 aromatic rings. The molecule has 0 saturated heterocycles. The van der Waals surface area contributed by atoms with Crippen LogP contribution in [-0.4, -0.2) is 30.4 Å². The van der Waals surface area contributed by atoms with Crippen LogP contribution < -0.4 is 5.32 Å². The molecule has 1 N–H and O–H groups in total. The topological polar surface area (TPSA) is 75.4 Å². The molecule has 172 valence electrons. The van der Waals surface area contributed by atoms with Crippen LogP contribution in [0.3, 0.4) is 0 Å². The van der Waals surface area contributed by atoms with E-state index in [0.717, 1.165) is 42.7 Å². The Bertz CT molecular complexity index is 1280. The standard InChI is InChI=1S/C23H23F3N6O/c1-12(15-4-3-5-16(6-15)23(24,25)26)27-19-17-10-31(20(33)22-7-14(8-22)9-22)11-18(17)32-13(2)29-30-21(32)28-19/h3-6,12,14H,7-11H2,1-2H3,(H,27,28,30). The SMILES string of the molecule is Cc1nnc2nc(NC(C)c3cccc(C(F)(F)F)c3)c3c(n12)CN(C(=O)C12CC(C1)C2)C3. The van der Waals surface area contributed by atoms with Crippen LogP contribution in [0.25, 0.3) is 5.78 Å². The number of aryl methyl sites for hydroxylation is 1. The third-order valence-electron chi connectivity index (χ3n) is 7.46. The minimum atomic E-state index is -4.41. The number of anilines is 1. The van der Waals surface area contributed by atoms with Crippen LogP contribution in [0.15, 0.2) is 24.3 Å². The summed E-state index contributed by atoms with van der Waals surface area (Å²) in [5.74, 6) is 2.52. The summed E-state index contributed by atoms with van der Waals surface area (Å²) >= 11 is 0. The van der Waals surface area contributed by atoms with Gasteiger partial charge in [-0.15, -0.1) is 10.2 Å². The largest absolute Gasteiger partial charge is 0.416 e. The molecule has 3 fully saturated rings. The second-order valence-electron chi connectivity index (χ2n) is 9.68. The average Bonchev–Trinajstić information content (AvgIpc) is 3.29. The van der Waals surface area contributed by atoms with Gasteiger partial charge in [0.15, 0.2) is 0 Å². The summed E-state index contributed by atoms with van der Waals surface area (Å²) < 4.78 is 41.4. The van der Waals surface area contributed by atoms with E-state index in [1.54, 1.807) is 13.0 Å². The van der Waals surface area contributed by atoms with E-state index in [1.165, 1.54) is 6.07 Å². The summed E-state index contributed by atoms with van der Waals surface area (Å²) in [6.07, 6.45) is -1.46. The van der Waals surface area contributed by atoms with E-state index in [9.17, 15) is 18.0 Å². The highest BCUT2D eigenvalue weighted by Crippen LogP contribution is 2.65. The maximum atomic E-state index is 13.2. The first-order valence-corrected chi connectivity index (χ1v) is 11.1. The van der Waals surface area contributed by atoms with E-state index in [0.29, 0.717) is 42.0 Å². The second kappa shape index (κ2) is 6.68. The zero-order valence-corrected chi connectivity index (χ0v) is 18.3. The smallest absolute Gasteiger partial charge is 0.363 e. The fourth-order valence-corrected chi connectivity index (χ4v) is 5.55. The molecule has 33 heavy (non-hydrogen) atoms. The zero-order valence-electron chi connectivity index (χ0n) is 18.3. The van der Waals surface area contributed by atoms with E-state index < -0.39 is 17.8 Å². The van der Waals surface area contributed by atoms with E-state index in [1.807, 2.05) is 16.2 Å². The molecule has 0 radical (unpaired) electrons. The fraction of sp³-hybridized carbons (Fsp3) is 0.478. The Hall–Kier alpha value is -3.17. The van der Waals surface area contributed by atoms with Gasteiger partial charge in [-0.25, -0.2) is 0 Å². The number of alkyl halides is 3. The van der Waals surface area contributed by atoms with Crippen molar-refractivity contribution in [1.82, 2.24) is 24.5 Å². The highest BCUT2D eigenvalue weighted by atomic mass is 19.4. The molecule has 1 unspecified atom stereocenters. The average molecular weight is 456 g/mol. The number of nitrogens with one attached hydrogen (secondary N) is 1. The monoisotopic (exact) mass is 456 g/mol. The van der Waals surface area contributed by atoms with Gasteiger partial charge in [0.25, 0.3) is 5.78 Å². The summed E-state index contributed by atoms with van der Waals surface area (Å²) in [5, 5.41) is 11.6. The van der Waals surface area contributed by atoms with Crippen molar-refractivity contribution in [3.8, 4) is 0 Å². The number of hydrogen-bond acceptors (Lipinski definition) is 5. The maximum Gasteiger partial charge on any atom is 0.416 e. The first-order valence-electron chi connectivity index (χ1n) is 11.1. The molecule has 4 aliphatic rings. The van der Waals surface area contributed by atoms with Crippen LogP contribution in [0.4, 0.5) is 19.0 Å². The molecule has 3 aliphatic carbocycles. The van der Waals surface area contributed by atoms with E-state index in [-0.39, 0.29) is 11.3 Å². The summed E-state index contributed by atoms with van der Waals surface area (Å²) in [6, 6.07) is 4.84. The molecule has 2 bridgehead atoms. The Kier molecular flexibility index (Phi) is 4.14. The van der Waals surface area contributed by atoms with Crippen LogP contribution in [0.5, 0.6) is 0 Å². The fourth-order valence-electron chi connectivity index (χ4n) is 5.55. The summed E-state index contributed by atoms with van der Waals surface area (Å²) in [4.78, 5) is 19.7. The molecule has 10 heteroatoms. The van der Waals surface area contributed by atoms with Crippen LogP contribution in [-0.2, 0) is 24.1 Å². The van der Waals surface area contributed by atoms with Crippen LogP contribution in [0, 0.1) is 18.3 Å². The Morgan fingerprint density at radius 3 is 2.64 bits per heavy atom. The van der Waals surface area contributed by atoms with Crippen molar-refractivity contribution in [2.75, 3.05) is 5.32 Å². The molecule has 7 nitrogen and oxygen atoms in total. The Morgan fingerprint density at radius 1 is 1.21 bits per heavy atom. The van der Waals surface area contributed by atoms with Gasteiger partial charge < -0.3 is 10.2 Å². The van der Waals surface area contributed by atoms with Crippen molar-refractivity contribution >= 4 is 17.5 Å². The van der Waals surface area contributed by atoms with E-state index >= 15 is 0 Å². The van der Waals surface area contributed by atoms with Crippen molar-refractivity contribution in [2.45, 2.75) is 58.4 Å². The Labute approximate surface area is 188 Å². The molecule has 1 atom stereocenters. The highest BCUT2D eigenvalue weighted by molar-refractivity contribution is 5.86. The lowest BCUT2D eigenvalue weighted by Crippen LogP contribution is -2.60. The summed E-state index contributed by atoms with van der Waals surface area (Å²) in [5.41, 5.74) is 1.40. The third-order valence-corrected chi connectivity index (χ3v) is 7.46. The van der Waals surface area contributed by atoms with Gasteiger partial charge in [0, 0.05) is 11.6 Å². The minimum absolute atomic E-state index is 0.180. The zero-order chi connectivity index (χ0) is 23.1. The van der Waals surface area contributed by atoms with Crippen molar-refractivity contribution in [3.05, 3.63) is 52.5 Å². The van der Waals surface area contributed by atoms with Gasteiger partial charge in [0.2, 0.25) is 5.91 Å². The Morgan fingerprint density at radius 2 is 1.97 bits per heavy atom. The molecule has 1 aliphatic heterocycles. The minimum Gasteiger partial charge on any atom is -0.363 e. The normalized spacial score (nSPS) is 24.3. The lowest BCUT2D eigenvalue weighted by atomic mass is 9.44. The lowest BCUT2D eigenvalue weighted by Gasteiger charge is -2.61. The van der Waals surface area contributed by atoms with Gasteiger partial charge in [-0.3, -0.25) is 9.20 Å². The van der Waals surface area contributed by atoms with E-state index in [2.05, 4.69) is 20.5 Å². The Balaban J connectivity index is 1.34. The first kappa shape index (κ1) is 20.4. The number of carbonyl (C=O) groups is 1. The van der Waals surface area contributed by atoms with Gasteiger partial charge in [-0.1, -0.05) is 12.1 Å². The number of nitrogens with zero attached hydrogens (tertiary/aromatic N) is 5. The number of fused-ring (bicyclic) bond motifs is 3. The molecule has 7 rings (SSSR count). The predicted molar refractivity (Wildman–Crippen MR) is 113 cm³/mol. The second-order valence-corrected chi connectivity index (χ2v) is 9.68. The molecule has 1 aromatic carbocycles. The molecule has 2 aromatic heterocycles. The van der Waals surface area contributed by atoms with Gasteiger partial charge in [-0.2, -0.15) is 18.2 Å². The molecule has 3 saturated carbocycles. The maximum absolute atomic E-state index is 13.2. The molecular weight excluding hydrogens is 433 g/mol. The number of aromatic nitrogens is 4. The van der Waals surface area contributed by atoms with Crippen LogP contribution >= 0.6 is 0 Å². The van der Waals surface area contributed by atoms with Gasteiger partial charge in [-0.05, 0) is 56.7 Å². The quantitative estimate of drug-likeness (QED) is 0.635. The summed E-state index contributed by atoms with van der Waals surface area (Å²) in [6.45, 7) is 4.50.